The van der Waals surface area contributed by atoms with E-state index in [1.54, 1.807) is 0 Å². The van der Waals surface area contributed by atoms with Crippen molar-refractivity contribution in [1.82, 2.24) is 5.06 Å². The molecule has 0 aliphatic carbocycles. The fourth-order valence-corrected chi connectivity index (χ4v) is 1.39. The predicted octanol–water partition coefficient (Wildman–Crippen LogP) is 0.265. The molecular formula is C11H9NO5. The molecule has 0 saturated carbocycles. The van der Waals surface area contributed by atoms with Crippen molar-refractivity contribution in [3.8, 4) is 5.75 Å². The average Bonchev–Trinajstić information content (AvgIpc) is 2.62. The third-order valence-electron chi connectivity index (χ3n) is 2.30. The van der Waals surface area contributed by atoms with Gasteiger partial charge in [-0.25, -0.2) is 4.79 Å². The zero-order valence-electron chi connectivity index (χ0n) is 8.75. The maximum absolute atomic E-state index is 11.6. The summed E-state index contributed by atoms with van der Waals surface area (Å²) in [6, 6.07) is 5.38. The number of nitrogens with zero attached hydrogens (tertiary/aromatic N) is 1. The lowest BCUT2D eigenvalue weighted by atomic mass is 10.2. The van der Waals surface area contributed by atoms with E-state index in [4.69, 9.17) is 9.94 Å². The summed E-state index contributed by atoms with van der Waals surface area (Å²) in [7, 11) is 0. The van der Waals surface area contributed by atoms with Crippen LogP contribution >= 0.6 is 0 Å². The van der Waals surface area contributed by atoms with Crippen molar-refractivity contribution in [1.29, 1.82) is 0 Å². The Kier molecular flexibility index (Phi) is 2.78. The van der Waals surface area contributed by atoms with E-state index in [0.717, 1.165) is 5.06 Å². The Morgan fingerprint density at radius 2 is 1.88 bits per heavy atom. The molecule has 1 amide bonds. The van der Waals surface area contributed by atoms with Gasteiger partial charge in [0.1, 0.15) is 5.75 Å². The maximum atomic E-state index is 11.6. The van der Waals surface area contributed by atoms with Crippen molar-refractivity contribution < 1.29 is 24.3 Å². The average molecular weight is 235 g/mol. The largest absolute Gasteiger partial charge is 0.508 e. The van der Waals surface area contributed by atoms with Gasteiger partial charge in [0.2, 0.25) is 5.78 Å². The molecule has 0 bridgehead atoms. The highest BCUT2D eigenvalue weighted by atomic mass is 16.7. The third kappa shape index (κ3) is 2.25. The quantitative estimate of drug-likeness (QED) is 0.743. The predicted molar refractivity (Wildman–Crippen MR) is 54.9 cm³/mol. The molecule has 1 aromatic carbocycles. The standard InChI is InChI=1S/C11H9NO5/c13-8-3-1-7(2-4-8)11(16)17-12-6-5-9(14)10(12)15/h1-4,13H,5-6H2. The van der Waals surface area contributed by atoms with E-state index in [0.29, 0.717) is 0 Å². The lowest BCUT2D eigenvalue weighted by Gasteiger charge is -2.13. The first-order valence-corrected chi connectivity index (χ1v) is 4.94. The number of rotatable bonds is 2. The Bertz CT molecular complexity index is 479. The summed E-state index contributed by atoms with van der Waals surface area (Å²) in [6.45, 7) is 0.0848. The van der Waals surface area contributed by atoms with Gasteiger partial charge in [0, 0.05) is 6.42 Å². The summed E-state index contributed by atoms with van der Waals surface area (Å²) in [5.74, 6) is -2.09. The normalized spacial score (nSPS) is 15.2. The van der Waals surface area contributed by atoms with Crippen molar-refractivity contribution in [2.45, 2.75) is 6.42 Å². The van der Waals surface area contributed by atoms with Crippen LogP contribution in [0.5, 0.6) is 5.75 Å². The summed E-state index contributed by atoms with van der Waals surface area (Å²) in [5.41, 5.74) is 0.190. The number of carbonyl (C=O) groups is 3. The van der Waals surface area contributed by atoms with Gasteiger partial charge in [-0.15, -0.1) is 0 Å². The van der Waals surface area contributed by atoms with Crippen molar-refractivity contribution in [3.05, 3.63) is 29.8 Å². The van der Waals surface area contributed by atoms with Gasteiger partial charge in [0.25, 0.3) is 0 Å². The molecule has 2 rings (SSSR count). The number of ketones is 1. The van der Waals surface area contributed by atoms with Gasteiger partial charge in [-0.1, -0.05) is 0 Å². The van der Waals surface area contributed by atoms with Crippen LogP contribution in [0.4, 0.5) is 0 Å². The lowest BCUT2D eigenvalue weighted by molar-refractivity contribution is -0.162. The molecule has 1 saturated heterocycles. The Labute approximate surface area is 96.4 Å². The van der Waals surface area contributed by atoms with Gasteiger partial charge in [-0.3, -0.25) is 9.59 Å². The third-order valence-corrected chi connectivity index (χ3v) is 2.30. The van der Waals surface area contributed by atoms with E-state index in [1.807, 2.05) is 0 Å². The van der Waals surface area contributed by atoms with E-state index in [9.17, 15) is 14.4 Å². The lowest BCUT2D eigenvalue weighted by Crippen LogP contribution is -2.30. The van der Waals surface area contributed by atoms with Gasteiger partial charge >= 0.3 is 11.9 Å². The fourth-order valence-electron chi connectivity index (χ4n) is 1.39. The van der Waals surface area contributed by atoms with E-state index in [2.05, 4.69) is 0 Å². The van der Waals surface area contributed by atoms with Gasteiger partial charge in [0.15, 0.2) is 0 Å². The minimum Gasteiger partial charge on any atom is -0.508 e. The van der Waals surface area contributed by atoms with Gasteiger partial charge in [-0.05, 0) is 24.3 Å². The molecule has 0 atom stereocenters. The van der Waals surface area contributed by atoms with E-state index >= 15 is 0 Å². The number of hydrogen-bond acceptors (Lipinski definition) is 5. The second-order valence-corrected chi connectivity index (χ2v) is 3.51. The number of phenols is 1. The van der Waals surface area contributed by atoms with E-state index in [-0.39, 0.29) is 24.3 Å². The number of benzene rings is 1. The van der Waals surface area contributed by atoms with Crippen LogP contribution in [0, 0.1) is 0 Å². The minimum absolute atomic E-state index is 0.0222. The first-order valence-electron chi connectivity index (χ1n) is 4.94. The number of Topliss-reactive ketones (excluding diaryl/α,β-unsaturated/α-hetero) is 1. The van der Waals surface area contributed by atoms with Crippen molar-refractivity contribution in [2.75, 3.05) is 6.54 Å². The van der Waals surface area contributed by atoms with Crippen molar-refractivity contribution in [3.63, 3.8) is 0 Å². The van der Waals surface area contributed by atoms with Gasteiger partial charge in [-0.2, -0.15) is 5.06 Å². The Morgan fingerprint density at radius 3 is 2.41 bits per heavy atom. The Balaban J connectivity index is 2.05. The summed E-state index contributed by atoms with van der Waals surface area (Å²) in [5, 5.41) is 9.79. The van der Waals surface area contributed by atoms with E-state index < -0.39 is 17.7 Å². The molecule has 88 valence electrons. The Morgan fingerprint density at radius 1 is 1.24 bits per heavy atom. The number of hydrogen-bond donors (Lipinski definition) is 1. The zero-order chi connectivity index (χ0) is 12.4. The number of amides is 1. The molecule has 1 aliphatic heterocycles. The van der Waals surface area contributed by atoms with Crippen LogP contribution in [0.1, 0.15) is 16.8 Å². The second-order valence-electron chi connectivity index (χ2n) is 3.51. The fraction of sp³-hybridized carbons (Fsp3) is 0.182. The number of hydroxylamine groups is 2. The maximum Gasteiger partial charge on any atom is 0.363 e. The van der Waals surface area contributed by atoms with Crippen LogP contribution in [0.15, 0.2) is 24.3 Å². The van der Waals surface area contributed by atoms with Crippen molar-refractivity contribution in [2.24, 2.45) is 0 Å². The molecule has 6 nitrogen and oxygen atoms in total. The number of aromatic hydroxyl groups is 1. The topological polar surface area (TPSA) is 83.9 Å². The monoisotopic (exact) mass is 235 g/mol. The highest BCUT2D eigenvalue weighted by molar-refractivity contribution is 6.37. The highest BCUT2D eigenvalue weighted by Crippen LogP contribution is 2.13. The summed E-state index contributed by atoms with van der Waals surface area (Å²) in [4.78, 5) is 38.4. The molecule has 1 aliphatic rings. The molecule has 0 spiro atoms. The summed E-state index contributed by atoms with van der Waals surface area (Å²) < 4.78 is 0. The van der Waals surface area contributed by atoms with Crippen LogP contribution in [-0.2, 0) is 14.4 Å². The molecule has 0 radical (unpaired) electrons. The van der Waals surface area contributed by atoms with Gasteiger partial charge < -0.3 is 9.94 Å². The van der Waals surface area contributed by atoms with Crippen LogP contribution < -0.4 is 0 Å². The van der Waals surface area contributed by atoms with E-state index in [1.165, 1.54) is 24.3 Å². The van der Waals surface area contributed by atoms with Crippen LogP contribution in [-0.4, -0.2) is 34.4 Å². The van der Waals surface area contributed by atoms with Crippen LogP contribution in [0.3, 0.4) is 0 Å². The molecule has 6 heteroatoms. The SMILES string of the molecule is O=C1CCN(OC(=O)c2ccc(O)cc2)C1=O. The first-order chi connectivity index (χ1) is 8.08. The first kappa shape index (κ1) is 11.1. The summed E-state index contributed by atoms with van der Waals surface area (Å²) >= 11 is 0. The van der Waals surface area contributed by atoms with Crippen LogP contribution in [0.25, 0.3) is 0 Å². The molecule has 0 aromatic heterocycles. The molecule has 1 fully saturated rings. The van der Waals surface area contributed by atoms with Crippen LogP contribution in [0.2, 0.25) is 0 Å². The number of phenolic OH excluding ortho intramolecular Hbond substituents is 1. The smallest absolute Gasteiger partial charge is 0.363 e. The number of carbonyl (C=O) groups excluding carboxylic acids is 3. The highest BCUT2D eigenvalue weighted by Gasteiger charge is 2.32. The molecule has 1 N–H and O–H groups in total. The Hall–Kier alpha value is -2.37. The molecule has 17 heavy (non-hydrogen) atoms. The molecule has 1 aromatic rings. The minimum atomic E-state index is -0.808. The molecular weight excluding hydrogens is 226 g/mol. The molecule has 0 unspecified atom stereocenters. The van der Waals surface area contributed by atoms with Gasteiger partial charge in [0.05, 0.1) is 12.1 Å². The van der Waals surface area contributed by atoms with Crippen molar-refractivity contribution >= 4 is 17.7 Å². The summed E-state index contributed by atoms with van der Waals surface area (Å²) in [6.07, 6.45) is 0.0572. The second kappa shape index (κ2) is 4.25. The molecule has 1 heterocycles. The zero-order valence-corrected chi connectivity index (χ0v) is 8.75.